The second-order valence-electron chi connectivity index (χ2n) is 6.06. The molecule has 1 aromatic rings. The summed E-state index contributed by atoms with van der Waals surface area (Å²) in [6.07, 6.45) is 2.18. The van der Waals surface area contributed by atoms with Crippen LogP contribution in [0.15, 0.2) is 18.2 Å². The molecule has 2 rings (SSSR count). The Morgan fingerprint density at radius 2 is 2.24 bits per heavy atom. The zero-order chi connectivity index (χ0) is 15.5. The van der Waals surface area contributed by atoms with Crippen LogP contribution in [0, 0.1) is 11.3 Å². The lowest BCUT2D eigenvalue weighted by Gasteiger charge is -2.36. The molecule has 0 spiro atoms. The van der Waals surface area contributed by atoms with Crippen LogP contribution in [0.1, 0.15) is 26.7 Å². The molecular weight excluding hydrogens is 288 g/mol. The normalized spacial score (nSPS) is 19.1. The summed E-state index contributed by atoms with van der Waals surface area (Å²) in [6.45, 7) is 5.91. The summed E-state index contributed by atoms with van der Waals surface area (Å²) in [6, 6.07) is 5.22. The number of nitrogens with one attached hydrogen (secondary N) is 2. The van der Waals surface area contributed by atoms with Crippen LogP contribution in [0.25, 0.3) is 0 Å². The molecular formula is C16H23ClN2O2. The summed E-state index contributed by atoms with van der Waals surface area (Å²) in [5, 5.41) is 6.90. The van der Waals surface area contributed by atoms with Crippen molar-refractivity contribution < 1.29 is 9.53 Å². The lowest BCUT2D eigenvalue weighted by atomic mass is 9.74. The van der Waals surface area contributed by atoms with Gasteiger partial charge in [-0.3, -0.25) is 4.79 Å². The van der Waals surface area contributed by atoms with Gasteiger partial charge < -0.3 is 15.4 Å². The highest BCUT2D eigenvalue weighted by molar-refractivity contribution is 6.31. The predicted molar refractivity (Wildman–Crippen MR) is 86.0 cm³/mol. The number of halogens is 1. The molecule has 1 fully saturated rings. The highest BCUT2D eigenvalue weighted by Crippen LogP contribution is 2.35. The molecule has 0 bridgehead atoms. The second-order valence-corrected chi connectivity index (χ2v) is 6.50. The van der Waals surface area contributed by atoms with Crippen molar-refractivity contribution in [3.05, 3.63) is 23.2 Å². The van der Waals surface area contributed by atoms with E-state index in [0.29, 0.717) is 22.4 Å². The van der Waals surface area contributed by atoms with Crippen LogP contribution in [-0.2, 0) is 4.79 Å². The molecule has 0 radical (unpaired) electrons. The van der Waals surface area contributed by atoms with Crippen LogP contribution >= 0.6 is 11.6 Å². The van der Waals surface area contributed by atoms with Crippen molar-refractivity contribution in [2.45, 2.75) is 26.7 Å². The van der Waals surface area contributed by atoms with Crippen molar-refractivity contribution in [2.24, 2.45) is 11.3 Å². The number of rotatable bonds is 4. The van der Waals surface area contributed by atoms with Gasteiger partial charge in [0, 0.05) is 10.4 Å². The van der Waals surface area contributed by atoms with Gasteiger partial charge in [0.1, 0.15) is 5.75 Å². The number of anilines is 1. The first-order valence-electron chi connectivity index (χ1n) is 7.31. The molecule has 1 amide bonds. The zero-order valence-corrected chi connectivity index (χ0v) is 13.6. The first kappa shape index (κ1) is 16.1. The molecule has 1 aliphatic rings. The topological polar surface area (TPSA) is 50.4 Å². The summed E-state index contributed by atoms with van der Waals surface area (Å²) >= 11 is 6.00. The molecule has 1 atom stereocenters. The minimum atomic E-state index is -0.444. The highest BCUT2D eigenvalue weighted by Gasteiger charge is 2.37. The summed E-state index contributed by atoms with van der Waals surface area (Å²) in [5.74, 6) is 0.943. The number of carbonyl (C=O) groups excluding carboxylic acids is 1. The van der Waals surface area contributed by atoms with Crippen LogP contribution < -0.4 is 15.4 Å². The van der Waals surface area contributed by atoms with E-state index in [-0.39, 0.29) is 5.91 Å². The Kier molecular flexibility index (Phi) is 5.12. The number of benzene rings is 1. The Labute approximate surface area is 131 Å². The van der Waals surface area contributed by atoms with Crippen LogP contribution in [0.3, 0.4) is 0 Å². The third kappa shape index (κ3) is 3.69. The minimum absolute atomic E-state index is 0.00299. The maximum absolute atomic E-state index is 12.7. The lowest BCUT2D eigenvalue weighted by molar-refractivity contribution is -0.127. The molecule has 4 nitrogen and oxygen atoms in total. The van der Waals surface area contributed by atoms with E-state index in [1.54, 1.807) is 25.3 Å². The van der Waals surface area contributed by atoms with Gasteiger partial charge in [-0.15, -0.1) is 0 Å². The molecule has 0 aliphatic carbocycles. The number of methoxy groups -OCH3 is 1. The van der Waals surface area contributed by atoms with Crippen LogP contribution in [0.2, 0.25) is 5.02 Å². The van der Waals surface area contributed by atoms with E-state index < -0.39 is 5.41 Å². The summed E-state index contributed by atoms with van der Waals surface area (Å²) in [5.41, 5.74) is 0.174. The number of hydrogen-bond acceptors (Lipinski definition) is 3. The molecule has 116 valence electrons. The average molecular weight is 311 g/mol. The van der Waals surface area contributed by atoms with Crippen LogP contribution in [0.5, 0.6) is 5.75 Å². The van der Waals surface area contributed by atoms with Crippen molar-refractivity contribution >= 4 is 23.2 Å². The summed E-state index contributed by atoms with van der Waals surface area (Å²) in [7, 11) is 1.58. The lowest BCUT2D eigenvalue weighted by Crippen LogP contribution is -2.44. The van der Waals surface area contributed by atoms with Gasteiger partial charge in [-0.25, -0.2) is 0 Å². The average Bonchev–Trinajstić information content (AvgIpc) is 2.48. The van der Waals surface area contributed by atoms with E-state index in [2.05, 4.69) is 10.6 Å². The Balaban J connectivity index is 2.14. The zero-order valence-electron chi connectivity index (χ0n) is 12.8. The maximum Gasteiger partial charge on any atom is 0.230 e. The third-order valence-electron chi connectivity index (χ3n) is 4.31. The second kappa shape index (κ2) is 6.67. The van der Waals surface area contributed by atoms with E-state index in [0.717, 1.165) is 25.9 Å². The number of ether oxygens (including phenoxy) is 1. The van der Waals surface area contributed by atoms with Gasteiger partial charge in [-0.05, 0) is 50.0 Å². The molecule has 2 N–H and O–H groups in total. The Morgan fingerprint density at radius 3 is 2.86 bits per heavy atom. The molecule has 1 aliphatic heterocycles. The Hall–Kier alpha value is -1.26. The van der Waals surface area contributed by atoms with Gasteiger partial charge >= 0.3 is 0 Å². The fourth-order valence-corrected chi connectivity index (χ4v) is 2.89. The van der Waals surface area contributed by atoms with Crippen molar-refractivity contribution in [2.75, 3.05) is 25.5 Å². The van der Waals surface area contributed by atoms with Crippen LogP contribution in [0.4, 0.5) is 5.69 Å². The van der Waals surface area contributed by atoms with Crippen molar-refractivity contribution in [1.82, 2.24) is 5.32 Å². The molecule has 0 aromatic heterocycles. The monoisotopic (exact) mass is 310 g/mol. The van der Waals surface area contributed by atoms with Gasteiger partial charge in [-0.2, -0.15) is 0 Å². The van der Waals surface area contributed by atoms with E-state index in [9.17, 15) is 4.79 Å². The standard InChI is InChI=1S/C16H23ClN2O2/c1-16(2,11-5-4-8-18-10-11)15(20)19-13-9-12(17)6-7-14(13)21-3/h6-7,9,11,18H,4-5,8,10H2,1-3H3,(H,19,20). The molecule has 1 aromatic carbocycles. The third-order valence-corrected chi connectivity index (χ3v) is 4.55. The molecule has 0 saturated carbocycles. The van der Waals surface area contributed by atoms with Crippen molar-refractivity contribution in [3.63, 3.8) is 0 Å². The first-order chi connectivity index (χ1) is 9.95. The van der Waals surface area contributed by atoms with Gasteiger partial charge in [0.25, 0.3) is 0 Å². The van der Waals surface area contributed by atoms with E-state index >= 15 is 0 Å². The van der Waals surface area contributed by atoms with Crippen molar-refractivity contribution in [3.8, 4) is 5.75 Å². The molecule has 21 heavy (non-hydrogen) atoms. The predicted octanol–water partition coefficient (Wildman–Crippen LogP) is 3.31. The van der Waals surface area contributed by atoms with Gasteiger partial charge in [-0.1, -0.05) is 25.4 Å². The maximum atomic E-state index is 12.7. The van der Waals surface area contributed by atoms with Gasteiger partial charge in [0.15, 0.2) is 0 Å². The number of carbonyl (C=O) groups is 1. The molecule has 1 saturated heterocycles. The summed E-state index contributed by atoms with van der Waals surface area (Å²) < 4.78 is 5.27. The van der Waals surface area contributed by atoms with E-state index in [1.807, 2.05) is 13.8 Å². The SMILES string of the molecule is COc1ccc(Cl)cc1NC(=O)C(C)(C)C1CCCNC1. The number of hydrogen-bond donors (Lipinski definition) is 2. The fourth-order valence-electron chi connectivity index (χ4n) is 2.71. The molecule has 5 heteroatoms. The first-order valence-corrected chi connectivity index (χ1v) is 7.68. The minimum Gasteiger partial charge on any atom is -0.495 e. The van der Waals surface area contributed by atoms with E-state index in [4.69, 9.17) is 16.3 Å². The molecule has 1 unspecified atom stereocenters. The molecule has 1 heterocycles. The highest BCUT2D eigenvalue weighted by atomic mass is 35.5. The number of piperidine rings is 1. The Bertz CT molecular complexity index is 511. The smallest absolute Gasteiger partial charge is 0.230 e. The largest absolute Gasteiger partial charge is 0.495 e. The van der Waals surface area contributed by atoms with Crippen molar-refractivity contribution in [1.29, 1.82) is 0 Å². The Morgan fingerprint density at radius 1 is 1.48 bits per heavy atom. The number of amides is 1. The summed E-state index contributed by atoms with van der Waals surface area (Å²) in [4.78, 5) is 12.7. The van der Waals surface area contributed by atoms with Gasteiger partial charge in [0.2, 0.25) is 5.91 Å². The quantitative estimate of drug-likeness (QED) is 0.897. The van der Waals surface area contributed by atoms with Gasteiger partial charge in [0.05, 0.1) is 12.8 Å². The van der Waals surface area contributed by atoms with Crippen LogP contribution in [-0.4, -0.2) is 26.1 Å². The van der Waals surface area contributed by atoms with E-state index in [1.165, 1.54) is 0 Å². The fraction of sp³-hybridized carbons (Fsp3) is 0.562.